The highest BCUT2D eigenvalue weighted by Gasteiger charge is 2.23. The maximum Gasteiger partial charge on any atom is 0.231 e. The third kappa shape index (κ3) is 3.19. The van der Waals surface area contributed by atoms with Crippen LogP contribution in [0.2, 0.25) is 5.02 Å². The van der Waals surface area contributed by atoms with Gasteiger partial charge in [-0.15, -0.1) is 0 Å². The molecule has 2 unspecified atom stereocenters. The molecule has 108 valence electrons. The average Bonchev–Trinajstić information content (AvgIpc) is 2.90. The summed E-state index contributed by atoms with van der Waals surface area (Å²) in [6, 6.07) is 7.81. The Morgan fingerprint density at radius 2 is 2.05 bits per heavy atom. The number of nitrogens with zero attached hydrogens (tertiary/aromatic N) is 2. The molecule has 0 radical (unpaired) electrons. The number of benzene rings is 1. The predicted octanol–water partition coefficient (Wildman–Crippen LogP) is 3.88. The van der Waals surface area contributed by atoms with Gasteiger partial charge in [0.25, 0.3) is 0 Å². The van der Waals surface area contributed by atoms with E-state index < -0.39 is 0 Å². The number of likely N-dealkylation sites (N-methyl/N-ethyl adjacent to an activating group) is 1. The fourth-order valence-electron chi connectivity index (χ4n) is 2.34. The zero-order valence-corrected chi connectivity index (χ0v) is 12.8. The third-order valence-corrected chi connectivity index (χ3v) is 3.77. The summed E-state index contributed by atoms with van der Waals surface area (Å²) >= 11 is 6.16. The molecule has 1 aromatic heterocycles. The van der Waals surface area contributed by atoms with Crippen molar-refractivity contribution in [2.75, 3.05) is 6.54 Å². The molecule has 20 heavy (non-hydrogen) atoms. The third-order valence-electron chi connectivity index (χ3n) is 3.44. The van der Waals surface area contributed by atoms with Crippen LogP contribution < -0.4 is 5.32 Å². The lowest BCUT2D eigenvalue weighted by molar-refractivity contribution is 0.318. The Balaban J connectivity index is 2.26. The summed E-state index contributed by atoms with van der Waals surface area (Å²) in [5.74, 6) is 1.42. The molecule has 0 aliphatic rings. The molecule has 0 aliphatic carbocycles. The summed E-state index contributed by atoms with van der Waals surface area (Å²) in [6.45, 7) is 7.27. The molecular formula is C15H20ClN3O. The van der Waals surface area contributed by atoms with E-state index in [-0.39, 0.29) is 5.92 Å². The van der Waals surface area contributed by atoms with E-state index in [2.05, 4.69) is 36.2 Å². The first kappa shape index (κ1) is 15.0. The molecule has 1 N–H and O–H groups in total. The zero-order valence-electron chi connectivity index (χ0n) is 12.1. The molecule has 1 aromatic carbocycles. The average molecular weight is 294 g/mol. The van der Waals surface area contributed by atoms with Crippen LogP contribution in [0.25, 0.3) is 11.4 Å². The second-order valence-electron chi connectivity index (χ2n) is 4.80. The number of halogens is 1. The highest BCUT2D eigenvalue weighted by atomic mass is 35.5. The van der Waals surface area contributed by atoms with Gasteiger partial charge in [0.2, 0.25) is 11.7 Å². The van der Waals surface area contributed by atoms with Crippen LogP contribution in [0.3, 0.4) is 0 Å². The van der Waals surface area contributed by atoms with E-state index in [1.165, 1.54) is 0 Å². The minimum absolute atomic E-state index is 0.207. The molecule has 0 saturated carbocycles. The fourth-order valence-corrected chi connectivity index (χ4v) is 2.56. The quantitative estimate of drug-likeness (QED) is 0.878. The number of hydrogen-bond donors (Lipinski definition) is 1. The van der Waals surface area contributed by atoms with Crippen LogP contribution in [-0.4, -0.2) is 22.7 Å². The molecule has 0 fully saturated rings. The molecule has 0 amide bonds. The maximum absolute atomic E-state index is 6.16. The minimum Gasteiger partial charge on any atom is -0.339 e. The van der Waals surface area contributed by atoms with Crippen molar-refractivity contribution in [2.45, 2.75) is 39.2 Å². The van der Waals surface area contributed by atoms with Gasteiger partial charge in [-0.25, -0.2) is 0 Å². The first-order valence-corrected chi connectivity index (χ1v) is 7.37. The van der Waals surface area contributed by atoms with Crippen LogP contribution in [0.5, 0.6) is 0 Å². The van der Waals surface area contributed by atoms with Crippen LogP contribution >= 0.6 is 11.6 Å². The van der Waals surface area contributed by atoms with Gasteiger partial charge in [-0.2, -0.15) is 4.98 Å². The Morgan fingerprint density at radius 3 is 2.70 bits per heavy atom. The summed E-state index contributed by atoms with van der Waals surface area (Å²) in [5.41, 5.74) is 0.801. The number of nitrogens with one attached hydrogen (secondary N) is 1. The van der Waals surface area contributed by atoms with Crippen LogP contribution in [0.4, 0.5) is 0 Å². The lowest BCUT2D eigenvalue weighted by Gasteiger charge is -2.19. The monoisotopic (exact) mass is 293 g/mol. The van der Waals surface area contributed by atoms with Gasteiger partial charge in [0, 0.05) is 11.6 Å². The zero-order chi connectivity index (χ0) is 14.5. The highest BCUT2D eigenvalue weighted by Crippen LogP contribution is 2.28. The van der Waals surface area contributed by atoms with Crippen molar-refractivity contribution in [3.63, 3.8) is 0 Å². The molecule has 0 aliphatic heterocycles. The SMILES string of the molecule is CCNC(C)C(CC)c1nc(-c2ccccc2Cl)no1. The molecular weight excluding hydrogens is 274 g/mol. The van der Waals surface area contributed by atoms with Gasteiger partial charge < -0.3 is 9.84 Å². The predicted molar refractivity (Wildman–Crippen MR) is 80.9 cm³/mol. The summed E-state index contributed by atoms with van der Waals surface area (Å²) in [7, 11) is 0. The van der Waals surface area contributed by atoms with E-state index >= 15 is 0 Å². The highest BCUT2D eigenvalue weighted by molar-refractivity contribution is 6.33. The van der Waals surface area contributed by atoms with E-state index in [9.17, 15) is 0 Å². The maximum atomic E-state index is 6.16. The van der Waals surface area contributed by atoms with Gasteiger partial charge >= 0.3 is 0 Å². The van der Waals surface area contributed by atoms with E-state index in [1.54, 1.807) is 0 Å². The Bertz CT molecular complexity index is 556. The van der Waals surface area contributed by atoms with Gasteiger partial charge in [-0.05, 0) is 32.0 Å². The number of aromatic nitrogens is 2. The summed E-state index contributed by atoms with van der Waals surface area (Å²) in [4.78, 5) is 4.51. The topological polar surface area (TPSA) is 51.0 Å². The van der Waals surface area contributed by atoms with Crippen LogP contribution in [0.15, 0.2) is 28.8 Å². The lowest BCUT2D eigenvalue weighted by atomic mass is 9.98. The van der Waals surface area contributed by atoms with Crippen molar-refractivity contribution in [3.8, 4) is 11.4 Å². The van der Waals surface area contributed by atoms with Gasteiger partial charge in [-0.1, -0.05) is 42.7 Å². The van der Waals surface area contributed by atoms with Gasteiger partial charge in [0.15, 0.2) is 0 Å². The van der Waals surface area contributed by atoms with E-state index in [0.717, 1.165) is 18.5 Å². The smallest absolute Gasteiger partial charge is 0.231 e. The Morgan fingerprint density at radius 1 is 1.30 bits per heavy atom. The molecule has 4 nitrogen and oxygen atoms in total. The number of rotatable bonds is 6. The molecule has 0 saturated heterocycles. The Kier molecular flexibility index (Phi) is 5.15. The van der Waals surface area contributed by atoms with Crippen molar-refractivity contribution in [3.05, 3.63) is 35.2 Å². The van der Waals surface area contributed by atoms with Gasteiger partial charge in [0.05, 0.1) is 10.9 Å². The van der Waals surface area contributed by atoms with E-state index in [1.807, 2.05) is 24.3 Å². The molecule has 0 bridgehead atoms. The Hall–Kier alpha value is -1.39. The molecule has 2 aromatic rings. The first-order chi connectivity index (χ1) is 9.67. The standard InChI is InChI=1S/C15H20ClN3O/c1-4-11(10(3)17-5-2)15-18-14(19-20-15)12-8-6-7-9-13(12)16/h6-11,17H,4-5H2,1-3H3. The van der Waals surface area contributed by atoms with Crippen molar-refractivity contribution >= 4 is 11.6 Å². The van der Waals surface area contributed by atoms with Crippen molar-refractivity contribution in [1.29, 1.82) is 0 Å². The minimum atomic E-state index is 0.207. The molecule has 2 rings (SSSR count). The molecule has 5 heteroatoms. The van der Waals surface area contributed by atoms with E-state index in [0.29, 0.717) is 22.8 Å². The van der Waals surface area contributed by atoms with Crippen LogP contribution in [0, 0.1) is 0 Å². The van der Waals surface area contributed by atoms with Gasteiger partial charge in [0.1, 0.15) is 0 Å². The van der Waals surface area contributed by atoms with Crippen molar-refractivity contribution < 1.29 is 4.52 Å². The largest absolute Gasteiger partial charge is 0.339 e. The van der Waals surface area contributed by atoms with Crippen molar-refractivity contribution in [1.82, 2.24) is 15.5 Å². The number of hydrogen-bond acceptors (Lipinski definition) is 4. The normalized spacial score (nSPS) is 14.2. The summed E-state index contributed by atoms with van der Waals surface area (Å²) in [5, 5.41) is 8.09. The second-order valence-corrected chi connectivity index (χ2v) is 5.20. The lowest BCUT2D eigenvalue weighted by Crippen LogP contribution is -2.31. The molecule has 0 spiro atoms. The summed E-state index contributed by atoms with van der Waals surface area (Å²) < 4.78 is 5.43. The molecule has 1 heterocycles. The van der Waals surface area contributed by atoms with E-state index in [4.69, 9.17) is 16.1 Å². The molecule has 2 atom stereocenters. The fraction of sp³-hybridized carbons (Fsp3) is 0.467. The van der Waals surface area contributed by atoms with Crippen LogP contribution in [0.1, 0.15) is 39.0 Å². The van der Waals surface area contributed by atoms with Crippen LogP contribution in [-0.2, 0) is 0 Å². The van der Waals surface area contributed by atoms with Gasteiger partial charge in [-0.3, -0.25) is 0 Å². The summed E-state index contributed by atoms with van der Waals surface area (Å²) in [6.07, 6.45) is 0.943. The van der Waals surface area contributed by atoms with Crippen molar-refractivity contribution in [2.24, 2.45) is 0 Å². The first-order valence-electron chi connectivity index (χ1n) is 6.99. The Labute approximate surface area is 124 Å². The second kappa shape index (κ2) is 6.86.